The zero-order valence-corrected chi connectivity index (χ0v) is 14.0. The molecule has 0 aromatic heterocycles. The number of halogens is 2. The van der Waals surface area contributed by atoms with Gasteiger partial charge in [0.25, 0.3) is 18.2 Å². The molecule has 8 heteroatoms. The molecule has 0 saturated heterocycles. The first kappa shape index (κ1) is 20.5. The number of aliphatic hydroxyl groups is 1. The monoisotopic (exact) mass is 354 g/mol. The first-order valence-electron chi connectivity index (χ1n) is 7.46. The fourth-order valence-electron chi connectivity index (χ4n) is 1.81. The second-order valence-electron chi connectivity index (χ2n) is 5.91. The van der Waals surface area contributed by atoms with Crippen LogP contribution in [-0.2, 0) is 4.79 Å². The van der Waals surface area contributed by atoms with Gasteiger partial charge in [0.15, 0.2) is 5.60 Å². The normalized spacial score (nSPS) is 14.3. The third-order valence-electron chi connectivity index (χ3n) is 3.33. The number of carbonyl (C=O) groups excluding carboxylic acids is 2. The fraction of sp³-hybridized carbons (Fsp3) is 0.412. The van der Waals surface area contributed by atoms with E-state index < -0.39 is 29.9 Å². The minimum absolute atomic E-state index is 0.0795. The summed E-state index contributed by atoms with van der Waals surface area (Å²) in [6, 6.07) is 3.90. The van der Waals surface area contributed by atoms with Crippen LogP contribution >= 0.6 is 0 Å². The third kappa shape index (κ3) is 5.52. The molecule has 0 saturated carbocycles. The van der Waals surface area contributed by atoms with Crippen molar-refractivity contribution in [3.05, 3.63) is 35.4 Å². The highest BCUT2D eigenvalue weighted by Crippen LogP contribution is 2.20. The summed E-state index contributed by atoms with van der Waals surface area (Å²) in [4.78, 5) is 23.7. The Bertz CT molecular complexity index is 676. The average molecular weight is 354 g/mol. The van der Waals surface area contributed by atoms with Gasteiger partial charge >= 0.3 is 0 Å². The van der Waals surface area contributed by atoms with Gasteiger partial charge in [0.2, 0.25) is 0 Å². The summed E-state index contributed by atoms with van der Waals surface area (Å²) in [6.45, 7) is 4.54. The van der Waals surface area contributed by atoms with Gasteiger partial charge in [0.05, 0.1) is 0 Å². The second kappa shape index (κ2) is 8.55. The highest BCUT2D eigenvalue weighted by Gasteiger charge is 2.46. The van der Waals surface area contributed by atoms with Gasteiger partial charge in [0.1, 0.15) is 6.04 Å². The fourth-order valence-corrected chi connectivity index (χ4v) is 1.81. The first-order valence-corrected chi connectivity index (χ1v) is 7.46. The zero-order chi connectivity index (χ0) is 19.2. The van der Waals surface area contributed by atoms with Gasteiger partial charge < -0.3 is 10.4 Å². The van der Waals surface area contributed by atoms with E-state index in [9.17, 15) is 23.5 Å². The molecule has 1 aromatic carbocycles. The topological polar surface area (TPSA) is 98.7 Å². The summed E-state index contributed by atoms with van der Waals surface area (Å²) < 4.78 is 25.9. The van der Waals surface area contributed by atoms with Crippen molar-refractivity contribution in [2.45, 2.75) is 38.8 Å². The lowest BCUT2D eigenvalue weighted by molar-refractivity contribution is -0.149. The SMILES string of the molecule is CC(C)C#Cc1ccc(C(=O)N[C@H](C(=O)NO)[C@](C)(O)C(F)F)cc1. The Labute approximate surface area is 144 Å². The van der Waals surface area contributed by atoms with Crippen LogP contribution in [0.25, 0.3) is 0 Å². The summed E-state index contributed by atoms with van der Waals surface area (Å²) in [7, 11) is 0. The Balaban J connectivity index is 2.98. The van der Waals surface area contributed by atoms with E-state index >= 15 is 0 Å². The molecule has 0 unspecified atom stereocenters. The van der Waals surface area contributed by atoms with E-state index in [4.69, 9.17) is 5.21 Å². The van der Waals surface area contributed by atoms with Crippen LogP contribution in [-0.4, -0.2) is 40.2 Å². The summed E-state index contributed by atoms with van der Waals surface area (Å²) >= 11 is 0. The van der Waals surface area contributed by atoms with E-state index in [1.807, 2.05) is 19.2 Å². The van der Waals surface area contributed by atoms with Gasteiger partial charge in [-0.1, -0.05) is 25.7 Å². The second-order valence-corrected chi connectivity index (χ2v) is 5.91. The van der Waals surface area contributed by atoms with Gasteiger partial charge in [0, 0.05) is 17.0 Å². The van der Waals surface area contributed by atoms with Crippen LogP contribution < -0.4 is 10.8 Å². The molecule has 0 aliphatic rings. The Kier molecular flexibility index (Phi) is 7.03. The maximum atomic E-state index is 12.9. The van der Waals surface area contributed by atoms with Crippen molar-refractivity contribution in [3.63, 3.8) is 0 Å². The molecule has 0 fully saturated rings. The zero-order valence-electron chi connectivity index (χ0n) is 14.0. The lowest BCUT2D eigenvalue weighted by Gasteiger charge is -2.30. The van der Waals surface area contributed by atoms with E-state index in [1.54, 1.807) is 12.1 Å². The van der Waals surface area contributed by atoms with E-state index in [1.165, 1.54) is 12.1 Å². The van der Waals surface area contributed by atoms with Gasteiger partial charge in [-0.2, -0.15) is 0 Å². The molecule has 2 atom stereocenters. The number of hydroxylamine groups is 1. The third-order valence-corrected chi connectivity index (χ3v) is 3.33. The van der Waals surface area contributed by atoms with E-state index in [0.717, 1.165) is 5.48 Å². The molecular formula is C17H20F2N2O4. The molecule has 6 nitrogen and oxygen atoms in total. The number of amides is 2. The van der Waals surface area contributed by atoms with Crippen LogP contribution in [0.5, 0.6) is 0 Å². The molecule has 136 valence electrons. The number of benzene rings is 1. The van der Waals surface area contributed by atoms with Gasteiger partial charge in [-0.05, 0) is 31.2 Å². The Morgan fingerprint density at radius 3 is 2.20 bits per heavy atom. The van der Waals surface area contributed by atoms with Gasteiger partial charge in [-0.3, -0.25) is 14.8 Å². The van der Waals surface area contributed by atoms with Crippen LogP contribution in [0.15, 0.2) is 24.3 Å². The average Bonchev–Trinajstić information content (AvgIpc) is 2.57. The molecule has 0 aliphatic carbocycles. The molecule has 1 aromatic rings. The van der Waals surface area contributed by atoms with E-state index in [0.29, 0.717) is 12.5 Å². The van der Waals surface area contributed by atoms with Crippen molar-refractivity contribution < 1.29 is 28.7 Å². The number of carbonyl (C=O) groups is 2. The van der Waals surface area contributed by atoms with Crippen LogP contribution in [0, 0.1) is 17.8 Å². The van der Waals surface area contributed by atoms with Crippen LogP contribution in [0.4, 0.5) is 8.78 Å². The number of rotatable bonds is 5. The van der Waals surface area contributed by atoms with E-state index in [2.05, 4.69) is 11.8 Å². The molecule has 0 heterocycles. The largest absolute Gasteiger partial charge is 0.381 e. The molecule has 1 rings (SSSR count). The van der Waals surface area contributed by atoms with Gasteiger partial charge in [-0.15, -0.1) is 0 Å². The van der Waals surface area contributed by atoms with E-state index in [-0.39, 0.29) is 11.5 Å². The smallest absolute Gasteiger partial charge is 0.269 e. The Morgan fingerprint density at radius 2 is 1.76 bits per heavy atom. The number of alkyl halides is 2. The Hall–Kier alpha value is -2.50. The molecule has 2 amide bonds. The number of hydrogen-bond donors (Lipinski definition) is 4. The molecule has 25 heavy (non-hydrogen) atoms. The highest BCUT2D eigenvalue weighted by molar-refractivity contribution is 5.97. The lowest BCUT2D eigenvalue weighted by atomic mass is 9.95. The number of nitrogens with one attached hydrogen (secondary N) is 2. The maximum absolute atomic E-state index is 12.9. The summed E-state index contributed by atoms with van der Waals surface area (Å²) in [5.74, 6) is 3.80. The van der Waals surface area contributed by atoms with Crippen LogP contribution in [0.2, 0.25) is 0 Å². The predicted octanol–water partition coefficient (Wildman–Crippen LogP) is 1.31. The standard InChI is InChI=1S/C17H20F2N2O4/c1-10(2)4-5-11-6-8-12(9-7-11)14(22)20-13(15(23)21-25)17(3,24)16(18)19/h6-10,13,16,24-25H,1-3H3,(H,20,22)(H,21,23)/t13-,17+/m1/s1. The Morgan fingerprint density at radius 1 is 1.20 bits per heavy atom. The predicted molar refractivity (Wildman–Crippen MR) is 86.0 cm³/mol. The van der Waals surface area contributed by atoms with Crippen LogP contribution in [0.3, 0.4) is 0 Å². The first-order chi connectivity index (χ1) is 11.6. The molecule has 0 radical (unpaired) electrons. The molecule has 0 aliphatic heterocycles. The van der Waals surface area contributed by atoms with Gasteiger partial charge in [-0.25, -0.2) is 14.3 Å². The van der Waals surface area contributed by atoms with Crippen molar-refractivity contribution in [1.82, 2.24) is 10.8 Å². The summed E-state index contributed by atoms with van der Waals surface area (Å²) in [5.41, 5.74) is -0.975. The van der Waals surface area contributed by atoms with Crippen LogP contribution in [0.1, 0.15) is 36.7 Å². The minimum atomic E-state index is -3.33. The number of hydrogen-bond acceptors (Lipinski definition) is 4. The summed E-state index contributed by atoms with van der Waals surface area (Å²) in [6.07, 6.45) is -3.33. The molecule has 0 bridgehead atoms. The molecule has 4 N–H and O–H groups in total. The highest BCUT2D eigenvalue weighted by atomic mass is 19.3. The van der Waals surface area contributed by atoms with Crippen molar-refractivity contribution in [3.8, 4) is 11.8 Å². The van der Waals surface area contributed by atoms with Crippen molar-refractivity contribution in [2.24, 2.45) is 5.92 Å². The maximum Gasteiger partial charge on any atom is 0.269 e. The molecule has 0 spiro atoms. The quantitative estimate of drug-likeness (QED) is 0.364. The van der Waals surface area contributed by atoms with Crippen molar-refractivity contribution in [2.75, 3.05) is 0 Å². The van der Waals surface area contributed by atoms with Crippen molar-refractivity contribution in [1.29, 1.82) is 0 Å². The molecular weight excluding hydrogens is 334 g/mol. The minimum Gasteiger partial charge on any atom is -0.381 e. The van der Waals surface area contributed by atoms with Crippen molar-refractivity contribution >= 4 is 11.8 Å². The lowest BCUT2D eigenvalue weighted by Crippen LogP contribution is -2.61. The summed E-state index contributed by atoms with van der Waals surface area (Å²) in [5, 5.41) is 20.4.